The van der Waals surface area contributed by atoms with Gasteiger partial charge in [-0.05, 0) is 25.3 Å². The van der Waals surface area contributed by atoms with Crippen molar-refractivity contribution in [3.05, 3.63) is 21.4 Å². The molecular formula is C13H15ClN2O2S. The molecule has 19 heavy (non-hydrogen) atoms. The Hall–Kier alpha value is -1.20. The second kappa shape index (κ2) is 5.43. The zero-order valence-corrected chi connectivity index (χ0v) is 12.9. The van der Waals surface area contributed by atoms with Crippen LogP contribution in [0.3, 0.4) is 0 Å². The molecule has 0 aliphatic heterocycles. The topological polar surface area (TPSA) is 52.1 Å². The molecule has 102 valence electrons. The highest BCUT2D eigenvalue weighted by Gasteiger charge is 2.20. The molecule has 0 aliphatic rings. The lowest BCUT2D eigenvalue weighted by atomic mass is 10.2. The van der Waals surface area contributed by atoms with E-state index in [0.717, 1.165) is 15.8 Å². The number of ether oxygens (including phenoxy) is 1. The standard InChI is InChI=1S/C13H15ClN2O2S/c1-6(2)5-18-13(17)10-7(3)9-11(14)15-8(4)16-12(9)19-10/h6H,5H2,1-4H3. The van der Waals surface area contributed by atoms with E-state index < -0.39 is 0 Å². The quantitative estimate of drug-likeness (QED) is 0.639. The van der Waals surface area contributed by atoms with E-state index in [1.807, 2.05) is 20.8 Å². The molecule has 0 aromatic carbocycles. The Morgan fingerprint density at radius 1 is 1.37 bits per heavy atom. The maximum atomic E-state index is 12.0. The van der Waals surface area contributed by atoms with Gasteiger partial charge in [0.1, 0.15) is 20.7 Å². The molecule has 0 aliphatic carbocycles. The van der Waals surface area contributed by atoms with Gasteiger partial charge in [-0.1, -0.05) is 25.4 Å². The zero-order chi connectivity index (χ0) is 14.2. The number of rotatable bonds is 3. The molecule has 0 radical (unpaired) electrons. The van der Waals surface area contributed by atoms with Gasteiger partial charge < -0.3 is 4.74 Å². The highest BCUT2D eigenvalue weighted by atomic mass is 35.5. The van der Waals surface area contributed by atoms with Crippen molar-refractivity contribution in [2.24, 2.45) is 5.92 Å². The van der Waals surface area contributed by atoms with Crippen LogP contribution in [0.2, 0.25) is 5.15 Å². The Bertz CT molecular complexity index is 637. The lowest BCUT2D eigenvalue weighted by Gasteiger charge is -2.06. The van der Waals surface area contributed by atoms with Crippen LogP contribution < -0.4 is 0 Å². The van der Waals surface area contributed by atoms with Crippen molar-refractivity contribution in [1.29, 1.82) is 0 Å². The Morgan fingerprint density at radius 2 is 2.05 bits per heavy atom. The van der Waals surface area contributed by atoms with Gasteiger partial charge in [0.05, 0.1) is 12.0 Å². The summed E-state index contributed by atoms with van der Waals surface area (Å²) in [5.41, 5.74) is 0.791. The maximum Gasteiger partial charge on any atom is 0.348 e. The number of carbonyl (C=O) groups excluding carboxylic acids is 1. The van der Waals surface area contributed by atoms with Crippen molar-refractivity contribution in [3.63, 3.8) is 0 Å². The SMILES string of the molecule is Cc1nc(Cl)c2c(C)c(C(=O)OCC(C)C)sc2n1. The van der Waals surface area contributed by atoms with Gasteiger partial charge in [-0.3, -0.25) is 0 Å². The van der Waals surface area contributed by atoms with Crippen LogP contribution in [0.1, 0.15) is 34.9 Å². The van der Waals surface area contributed by atoms with Gasteiger partial charge in [0.15, 0.2) is 0 Å². The fourth-order valence-corrected chi connectivity index (χ4v) is 3.22. The lowest BCUT2D eigenvalue weighted by molar-refractivity contribution is 0.0464. The molecule has 0 N–H and O–H groups in total. The minimum absolute atomic E-state index is 0.309. The van der Waals surface area contributed by atoms with E-state index in [-0.39, 0.29) is 5.97 Å². The summed E-state index contributed by atoms with van der Waals surface area (Å²) >= 11 is 7.42. The summed E-state index contributed by atoms with van der Waals surface area (Å²) in [5, 5.41) is 1.13. The van der Waals surface area contributed by atoms with Crippen LogP contribution in [0.25, 0.3) is 10.2 Å². The fourth-order valence-electron chi connectivity index (χ4n) is 1.69. The minimum atomic E-state index is -0.317. The third kappa shape index (κ3) is 2.87. The second-order valence-corrected chi connectivity index (χ2v) is 6.15. The molecule has 0 unspecified atom stereocenters. The van der Waals surface area contributed by atoms with E-state index in [9.17, 15) is 4.79 Å². The van der Waals surface area contributed by atoms with Gasteiger partial charge >= 0.3 is 5.97 Å². The molecule has 2 aromatic rings. The number of carbonyl (C=O) groups is 1. The van der Waals surface area contributed by atoms with Gasteiger partial charge in [-0.15, -0.1) is 11.3 Å². The van der Waals surface area contributed by atoms with Crippen molar-refractivity contribution in [2.75, 3.05) is 6.61 Å². The number of hydrogen-bond donors (Lipinski definition) is 0. The minimum Gasteiger partial charge on any atom is -0.461 e. The highest BCUT2D eigenvalue weighted by molar-refractivity contribution is 7.20. The molecule has 0 fully saturated rings. The Morgan fingerprint density at radius 3 is 2.68 bits per heavy atom. The van der Waals surface area contributed by atoms with Crippen LogP contribution in [0.4, 0.5) is 0 Å². The van der Waals surface area contributed by atoms with E-state index >= 15 is 0 Å². The first-order valence-corrected chi connectivity index (χ1v) is 7.20. The predicted octanol–water partition coefficient (Wildman–Crippen LogP) is 3.77. The van der Waals surface area contributed by atoms with Gasteiger partial charge in [0.25, 0.3) is 0 Å². The first-order valence-electron chi connectivity index (χ1n) is 6.00. The molecule has 2 aromatic heterocycles. The number of fused-ring (bicyclic) bond motifs is 1. The van der Waals surface area contributed by atoms with Crippen molar-refractivity contribution >= 4 is 39.1 Å². The van der Waals surface area contributed by atoms with Crippen molar-refractivity contribution in [1.82, 2.24) is 9.97 Å². The Kier molecular flexibility index (Phi) is 4.06. The van der Waals surface area contributed by atoms with Crippen LogP contribution in [0.15, 0.2) is 0 Å². The van der Waals surface area contributed by atoms with Crippen molar-refractivity contribution in [3.8, 4) is 0 Å². The summed E-state index contributed by atoms with van der Waals surface area (Å²) < 4.78 is 5.25. The maximum absolute atomic E-state index is 12.0. The largest absolute Gasteiger partial charge is 0.461 e. The van der Waals surface area contributed by atoms with Crippen molar-refractivity contribution in [2.45, 2.75) is 27.7 Å². The first kappa shape index (κ1) is 14.2. The first-order chi connectivity index (χ1) is 8.90. The average molecular weight is 299 g/mol. The van der Waals surface area contributed by atoms with E-state index in [1.165, 1.54) is 11.3 Å². The number of aryl methyl sites for hydroxylation is 2. The predicted molar refractivity (Wildman–Crippen MR) is 77.0 cm³/mol. The molecule has 2 heterocycles. The summed E-state index contributed by atoms with van der Waals surface area (Å²) in [7, 11) is 0. The summed E-state index contributed by atoms with van der Waals surface area (Å²) in [6.07, 6.45) is 0. The highest BCUT2D eigenvalue weighted by Crippen LogP contribution is 2.33. The molecule has 6 heteroatoms. The van der Waals surface area contributed by atoms with Crippen LogP contribution in [-0.4, -0.2) is 22.5 Å². The van der Waals surface area contributed by atoms with Crippen LogP contribution in [0.5, 0.6) is 0 Å². The molecule has 0 spiro atoms. The number of thiophene rings is 1. The Labute approximate surface area is 120 Å². The van der Waals surface area contributed by atoms with Crippen LogP contribution in [0, 0.1) is 19.8 Å². The monoisotopic (exact) mass is 298 g/mol. The number of aromatic nitrogens is 2. The van der Waals surface area contributed by atoms with Gasteiger partial charge in [-0.2, -0.15) is 0 Å². The zero-order valence-electron chi connectivity index (χ0n) is 11.3. The molecule has 0 amide bonds. The molecule has 2 rings (SSSR count). The molecule has 0 saturated heterocycles. The van der Waals surface area contributed by atoms with Crippen LogP contribution in [-0.2, 0) is 4.74 Å². The number of halogens is 1. The third-order valence-corrected chi connectivity index (χ3v) is 4.03. The van der Waals surface area contributed by atoms with Gasteiger partial charge in [0, 0.05) is 0 Å². The average Bonchev–Trinajstić information content (AvgIpc) is 2.63. The molecule has 0 bridgehead atoms. The summed E-state index contributed by atoms with van der Waals surface area (Å²) in [5.74, 6) is 0.591. The van der Waals surface area contributed by atoms with E-state index in [2.05, 4.69) is 9.97 Å². The number of nitrogens with zero attached hydrogens (tertiary/aromatic N) is 2. The van der Waals surface area contributed by atoms with Crippen LogP contribution >= 0.6 is 22.9 Å². The summed E-state index contributed by atoms with van der Waals surface area (Å²) in [4.78, 5) is 21.7. The molecular weight excluding hydrogens is 284 g/mol. The molecule has 0 saturated carbocycles. The normalized spacial score (nSPS) is 11.3. The fraction of sp³-hybridized carbons (Fsp3) is 0.462. The molecule has 0 atom stereocenters. The third-order valence-electron chi connectivity index (χ3n) is 2.59. The Balaban J connectivity index is 2.42. The van der Waals surface area contributed by atoms with Gasteiger partial charge in [0.2, 0.25) is 0 Å². The number of hydrogen-bond acceptors (Lipinski definition) is 5. The molecule has 4 nitrogen and oxygen atoms in total. The summed E-state index contributed by atoms with van der Waals surface area (Å²) in [6.45, 7) is 8.02. The van der Waals surface area contributed by atoms with E-state index in [4.69, 9.17) is 16.3 Å². The van der Waals surface area contributed by atoms with Gasteiger partial charge in [-0.25, -0.2) is 14.8 Å². The van der Waals surface area contributed by atoms with Crippen molar-refractivity contribution < 1.29 is 9.53 Å². The lowest BCUT2D eigenvalue weighted by Crippen LogP contribution is -2.09. The second-order valence-electron chi connectivity index (χ2n) is 4.79. The van der Waals surface area contributed by atoms with E-state index in [0.29, 0.717) is 28.4 Å². The smallest absolute Gasteiger partial charge is 0.348 e. The number of esters is 1. The summed E-state index contributed by atoms with van der Waals surface area (Å²) in [6, 6.07) is 0. The van der Waals surface area contributed by atoms with E-state index in [1.54, 1.807) is 6.92 Å².